The van der Waals surface area contributed by atoms with Gasteiger partial charge >= 0.3 is 12.1 Å². The van der Waals surface area contributed by atoms with Crippen molar-refractivity contribution in [2.45, 2.75) is 64.1 Å². The van der Waals surface area contributed by atoms with Gasteiger partial charge in [-0.25, -0.2) is 19.4 Å². The van der Waals surface area contributed by atoms with E-state index < -0.39 is 41.1 Å². The Morgan fingerprint density at radius 3 is 2.26 bits per heavy atom. The molecular weight excluding hydrogens is 597 g/mol. The standard InChI is InChI=1S/C27H28BrCl2N3O5/c1-26(2,3)38-25(37)31-11-5-6-21(31)22(34)33-24(36)32(20-13-18(29)12-19(30)14-20)23(35)27(33,4)15-16-7-9-17(28)10-8-16/h7-10,12-14,21H,5-6,11,15H2,1-4H3/t21?,27-/m1/s1. The van der Waals surface area contributed by atoms with Gasteiger partial charge in [-0.2, -0.15) is 0 Å². The van der Waals surface area contributed by atoms with Gasteiger partial charge in [0, 0.05) is 27.5 Å². The zero-order valence-electron chi connectivity index (χ0n) is 21.5. The first-order valence-electron chi connectivity index (χ1n) is 12.1. The largest absolute Gasteiger partial charge is 0.444 e. The number of hydrogen-bond donors (Lipinski definition) is 0. The molecule has 1 unspecified atom stereocenters. The summed E-state index contributed by atoms with van der Waals surface area (Å²) in [6, 6.07) is 9.87. The normalized spacial score (nSPS) is 21.9. The maximum absolute atomic E-state index is 14.1. The molecule has 2 aromatic carbocycles. The Morgan fingerprint density at radius 1 is 1.08 bits per heavy atom. The SMILES string of the molecule is CC(C)(C)OC(=O)N1CCCC1C(=O)N1C(=O)N(c2cc(Cl)cc(Cl)c2)C(=O)[C@@]1(C)Cc1ccc(Br)cc1. The molecule has 8 nitrogen and oxygen atoms in total. The Kier molecular flexibility index (Phi) is 7.85. The summed E-state index contributed by atoms with van der Waals surface area (Å²) >= 11 is 15.7. The number of urea groups is 1. The maximum atomic E-state index is 14.1. The fraction of sp³-hybridized carbons (Fsp3) is 0.407. The van der Waals surface area contributed by atoms with E-state index in [0.29, 0.717) is 19.4 Å². The van der Waals surface area contributed by atoms with Crippen molar-refractivity contribution in [3.05, 3.63) is 62.5 Å². The molecule has 2 atom stereocenters. The highest BCUT2D eigenvalue weighted by molar-refractivity contribution is 9.10. The predicted octanol–water partition coefficient (Wildman–Crippen LogP) is 6.45. The molecule has 0 aromatic heterocycles. The van der Waals surface area contributed by atoms with E-state index in [2.05, 4.69) is 15.9 Å². The van der Waals surface area contributed by atoms with Crippen LogP contribution < -0.4 is 4.90 Å². The minimum atomic E-state index is -1.57. The monoisotopic (exact) mass is 623 g/mol. The van der Waals surface area contributed by atoms with Gasteiger partial charge in [0.25, 0.3) is 11.8 Å². The highest BCUT2D eigenvalue weighted by Crippen LogP contribution is 2.38. The number of nitrogens with zero attached hydrogens (tertiary/aromatic N) is 3. The molecule has 2 saturated heterocycles. The fourth-order valence-electron chi connectivity index (χ4n) is 4.83. The highest BCUT2D eigenvalue weighted by atomic mass is 79.9. The van der Waals surface area contributed by atoms with Crippen LogP contribution in [0.3, 0.4) is 0 Å². The molecule has 0 bridgehead atoms. The van der Waals surface area contributed by atoms with Gasteiger partial charge in [0.15, 0.2) is 0 Å². The van der Waals surface area contributed by atoms with E-state index in [9.17, 15) is 19.2 Å². The molecule has 4 rings (SSSR count). The molecule has 38 heavy (non-hydrogen) atoms. The highest BCUT2D eigenvalue weighted by Gasteiger charge is 2.59. The van der Waals surface area contributed by atoms with Gasteiger partial charge < -0.3 is 4.74 Å². The number of ether oxygens (including phenoxy) is 1. The molecule has 0 spiro atoms. The van der Waals surface area contributed by atoms with E-state index in [-0.39, 0.29) is 22.2 Å². The molecule has 11 heteroatoms. The molecule has 0 aliphatic carbocycles. The van der Waals surface area contributed by atoms with Gasteiger partial charge in [-0.3, -0.25) is 14.5 Å². The minimum Gasteiger partial charge on any atom is -0.444 e. The summed E-state index contributed by atoms with van der Waals surface area (Å²) in [5.74, 6) is -1.24. The number of carbonyl (C=O) groups excluding carboxylic acids is 4. The average Bonchev–Trinajstić information content (AvgIpc) is 3.35. The smallest absolute Gasteiger partial charge is 0.410 e. The van der Waals surface area contributed by atoms with Gasteiger partial charge in [0.2, 0.25) is 0 Å². The van der Waals surface area contributed by atoms with Crippen LogP contribution in [0.4, 0.5) is 15.3 Å². The molecule has 202 valence electrons. The lowest BCUT2D eigenvalue weighted by molar-refractivity contribution is -0.140. The Hall–Kier alpha value is -2.62. The molecule has 2 aromatic rings. The van der Waals surface area contributed by atoms with Crippen LogP contribution in [-0.4, -0.2) is 57.5 Å². The molecule has 2 aliphatic heterocycles. The number of rotatable bonds is 4. The first kappa shape index (κ1) is 28.4. The number of anilines is 1. The molecule has 2 fully saturated rings. The molecule has 2 aliphatic rings. The van der Waals surface area contributed by atoms with Crippen molar-refractivity contribution in [3.63, 3.8) is 0 Å². The zero-order chi connectivity index (χ0) is 28.0. The summed E-state index contributed by atoms with van der Waals surface area (Å²) in [4.78, 5) is 58.1. The number of benzene rings is 2. The van der Waals surface area contributed by atoms with Crippen molar-refractivity contribution in [2.24, 2.45) is 0 Å². The van der Waals surface area contributed by atoms with Crippen LogP contribution in [0, 0.1) is 0 Å². The summed E-state index contributed by atoms with van der Waals surface area (Å²) in [5.41, 5.74) is -1.42. The second-order valence-corrected chi connectivity index (χ2v) is 12.4. The van der Waals surface area contributed by atoms with Crippen LogP contribution >= 0.6 is 39.1 Å². The summed E-state index contributed by atoms with van der Waals surface area (Å²) in [6.45, 7) is 7.08. The first-order chi connectivity index (χ1) is 17.7. The van der Waals surface area contributed by atoms with Crippen LogP contribution in [0.2, 0.25) is 10.0 Å². The Morgan fingerprint density at radius 2 is 1.68 bits per heavy atom. The van der Waals surface area contributed by atoms with Crippen molar-refractivity contribution in [2.75, 3.05) is 11.4 Å². The Labute approximate surface area is 239 Å². The van der Waals surface area contributed by atoms with Crippen LogP contribution in [0.5, 0.6) is 0 Å². The lowest BCUT2D eigenvalue weighted by Gasteiger charge is -2.34. The topological polar surface area (TPSA) is 87.2 Å². The van der Waals surface area contributed by atoms with Gasteiger partial charge in [-0.05, 0) is 76.4 Å². The lowest BCUT2D eigenvalue weighted by Crippen LogP contribution is -2.57. The summed E-state index contributed by atoms with van der Waals surface area (Å²) in [5, 5.41) is 0.471. The number of carbonyl (C=O) groups is 4. The quantitative estimate of drug-likeness (QED) is 0.365. The van der Waals surface area contributed by atoms with Crippen molar-refractivity contribution in [1.82, 2.24) is 9.80 Å². The summed E-state index contributed by atoms with van der Waals surface area (Å²) in [7, 11) is 0. The summed E-state index contributed by atoms with van der Waals surface area (Å²) in [6.07, 6.45) is 0.329. The van der Waals surface area contributed by atoms with E-state index in [1.165, 1.54) is 23.1 Å². The Balaban J connectivity index is 1.76. The van der Waals surface area contributed by atoms with E-state index in [1.54, 1.807) is 27.7 Å². The van der Waals surface area contributed by atoms with Crippen LogP contribution in [-0.2, 0) is 20.7 Å². The maximum Gasteiger partial charge on any atom is 0.410 e. The number of hydrogen-bond acceptors (Lipinski definition) is 5. The van der Waals surface area contributed by atoms with Gasteiger partial charge in [0.05, 0.1) is 5.69 Å². The van der Waals surface area contributed by atoms with Crippen LogP contribution in [0.15, 0.2) is 46.9 Å². The van der Waals surface area contributed by atoms with E-state index in [1.807, 2.05) is 24.3 Å². The predicted molar refractivity (Wildman–Crippen MR) is 148 cm³/mol. The number of imide groups is 2. The fourth-order valence-corrected chi connectivity index (χ4v) is 5.61. The van der Waals surface area contributed by atoms with Crippen molar-refractivity contribution in [3.8, 4) is 0 Å². The van der Waals surface area contributed by atoms with Crippen molar-refractivity contribution in [1.29, 1.82) is 0 Å². The molecule has 0 N–H and O–H groups in total. The average molecular weight is 625 g/mol. The molecule has 0 radical (unpaired) electrons. The third kappa shape index (κ3) is 5.55. The lowest BCUT2D eigenvalue weighted by atomic mass is 9.90. The molecule has 5 amide bonds. The van der Waals surface area contributed by atoms with Crippen LogP contribution in [0.25, 0.3) is 0 Å². The third-order valence-corrected chi connectivity index (χ3v) is 7.46. The first-order valence-corrected chi connectivity index (χ1v) is 13.7. The van der Waals surface area contributed by atoms with Crippen LogP contribution in [0.1, 0.15) is 46.1 Å². The number of likely N-dealkylation sites (tertiary alicyclic amines) is 1. The van der Waals surface area contributed by atoms with E-state index in [4.69, 9.17) is 27.9 Å². The van der Waals surface area contributed by atoms with Crippen molar-refractivity contribution < 1.29 is 23.9 Å². The Bertz CT molecular complexity index is 1280. The van der Waals surface area contributed by atoms with Gasteiger partial charge in [0.1, 0.15) is 17.2 Å². The second kappa shape index (κ2) is 10.5. The molecular formula is C27H28BrCl2N3O5. The molecule has 0 saturated carbocycles. The zero-order valence-corrected chi connectivity index (χ0v) is 24.6. The summed E-state index contributed by atoms with van der Waals surface area (Å²) < 4.78 is 6.36. The van der Waals surface area contributed by atoms with E-state index >= 15 is 0 Å². The van der Waals surface area contributed by atoms with Gasteiger partial charge in [-0.15, -0.1) is 0 Å². The minimum absolute atomic E-state index is 0.0700. The number of halogens is 3. The second-order valence-electron chi connectivity index (χ2n) is 10.6. The third-order valence-electron chi connectivity index (χ3n) is 6.49. The van der Waals surface area contributed by atoms with Gasteiger partial charge in [-0.1, -0.05) is 51.3 Å². The van der Waals surface area contributed by atoms with Crippen molar-refractivity contribution >= 4 is 68.8 Å². The number of amides is 5. The van der Waals surface area contributed by atoms with E-state index in [0.717, 1.165) is 19.8 Å². The molecule has 2 heterocycles.